The number of nitrogens with one attached hydrogen (secondary N) is 12. The Balaban J connectivity index is 1.20. The van der Waals surface area contributed by atoms with Crippen LogP contribution >= 0.6 is 11.8 Å². The zero-order valence-electron chi connectivity index (χ0n) is 77.0. The number of primary amides is 2. The number of amides is 16. The van der Waals surface area contributed by atoms with Gasteiger partial charge in [-0.1, -0.05) is 102 Å². The van der Waals surface area contributed by atoms with E-state index in [0.717, 1.165) is 26.5 Å². The Bertz CT molecular complexity index is 5140. The Morgan fingerprint density at radius 3 is 1.72 bits per heavy atom. The fraction of sp³-hybridized carbons (Fsp3) is 0.522. The number of carbonyl (C=O) groups is 18. The number of aromatic nitrogens is 3. The number of carbonyl (C=O) groups excluding carboxylic acids is 17. The normalized spacial score (nSPS) is 24.0. The van der Waals surface area contributed by atoms with E-state index in [1.165, 1.54) is 75.3 Å². The quantitative estimate of drug-likeness (QED) is 0.0311. The highest BCUT2D eigenvalue weighted by Gasteiger charge is 2.46. The molecule has 728 valence electrons. The van der Waals surface area contributed by atoms with Crippen molar-refractivity contribution in [2.75, 3.05) is 65.4 Å². The smallest absolute Gasteiger partial charge is 0.303 e. The molecule has 3 aromatic carbocycles. The van der Waals surface area contributed by atoms with Crippen LogP contribution in [0.3, 0.4) is 0 Å². The number of carboxylic acids is 1. The van der Waals surface area contributed by atoms with Gasteiger partial charge < -0.3 is 120 Å². The summed E-state index contributed by atoms with van der Waals surface area (Å²) in [5.74, 6) is -20.0. The average molecular weight is 1880 g/mol. The summed E-state index contributed by atoms with van der Waals surface area (Å²) in [5.41, 5.74) is 20.5. The van der Waals surface area contributed by atoms with Crippen LogP contribution in [0.5, 0.6) is 5.75 Å². The standard InChI is InChI=1S/C92H128N20O21S/c1-10-13-25-72-87(128)104-66(36-51(4)5)85(126)107-71(83(124)99-46-77(95)117)49-134-50-79(119)101-68(37-53-27-29-58(113)30-28-53)88(129)108(7)52(6)81(122)105-70(43-76(94)116)90(131)111(12-3)48-78(118)100-67(41-57-20-19-35-96-57)86(127)103-65(31-32-80(120)121)91(132)112-47-59(114)42-74(112)75(115)40-54(38-55-44-97-62-23-17-15-21-60(55)62)82(123)102-64(33-34-93)84(125)106-69(39-56-45-98-63-24-18-16-22-61(56)63)89(130)110(9)73(26-14-11-2)92(133)109(72)8/h15-24,27-30,35,44-45,51-52,54,59,64-74,96-98,113-114H,10-14,25-26,31-34,36-43,46-50,93H2,1-9H3,(H2,94,116)(H2,95,117)(H,99,124)(H,100,118)(H,101,119)(H,102,123)(H,103,127)(H,104,128)(H,105,122)(H,106,125)(H,107,126)(H,120,121)/t52-,54+,59+,64-,65-,66-,67-,68-,69-,70-,71-,72-,73-,74-/m0/s1. The summed E-state index contributed by atoms with van der Waals surface area (Å²) in [6.45, 7) is 7.31. The van der Waals surface area contributed by atoms with Crippen molar-refractivity contribution in [1.82, 2.24) is 87.3 Å². The summed E-state index contributed by atoms with van der Waals surface area (Å²) in [6.07, 6.45) is 0.559. The molecule has 3 aromatic heterocycles. The first-order chi connectivity index (χ1) is 63.7. The lowest BCUT2D eigenvalue weighted by Crippen LogP contribution is -2.60. The lowest BCUT2D eigenvalue weighted by atomic mass is 9.90. The Hall–Kier alpha value is -13.3. The van der Waals surface area contributed by atoms with Gasteiger partial charge in [-0.2, -0.15) is 0 Å². The summed E-state index contributed by atoms with van der Waals surface area (Å²) in [7, 11) is 3.97. The van der Waals surface area contributed by atoms with Crippen LogP contribution in [0.15, 0.2) is 104 Å². The molecule has 21 N–H and O–H groups in total. The number of para-hydroxylation sites is 2. The highest BCUT2D eigenvalue weighted by atomic mass is 32.2. The maximum Gasteiger partial charge on any atom is 0.303 e. The van der Waals surface area contributed by atoms with Crippen LogP contribution in [0.2, 0.25) is 0 Å². The van der Waals surface area contributed by atoms with E-state index in [4.69, 9.17) is 17.2 Å². The number of ketones is 1. The van der Waals surface area contributed by atoms with Crippen LogP contribution in [0.4, 0.5) is 0 Å². The molecule has 134 heavy (non-hydrogen) atoms. The molecule has 14 atom stereocenters. The molecule has 2 aliphatic rings. The number of aliphatic hydroxyl groups is 1. The second kappa shape index (κ2) is 51.1. The number of phenols is 1. The highest BCUT2D eigenvalue weighted by molar-refractivity contribution is 8.00. The minimum Gasteiger partial charge on any atom is -0.508 e. The first-order valence-electron chi connectivity index (χ1n) is 45.1. The van der Waals surface area contributed by atoms with E-state index in [1.807, 2.05) is 13.8 Å². The van der Waals surface area contributed by atoms with Gasteiger partial charge in [0.15, 0.2) is 5.78 Å². The third kappa shape index (κ3) is 30.4. The number of H-pyrrole nitrogens is 3. The van der Waals surface area contributed by atoms with Gasteiger partial charge in [-0.15, -0.1) is 11.8 Å². The number of aliphatic hydroxyl groups excluding tert-OH is 1. The molecular formula is C92H128N20O21S. The third-order valence-corrected chi connectivity index (χ3v) is 24.9. The molecule has 5 heterocycles. The van der Waals surface area contributed by atoms with Crippen molar-refractivity contribution < 1.29 is 102 Å². The Morgan fingerprint density at radius 1 is 0.552 bits per heavy atom. The number of phenolic OH excluding ortho intramolecular Hbond substituents is 1. The van der Waals surface area contributed by atoms with Gasteiger partial charge in [-0.05, 0) is 118 Å². The first-order valence-corrected chi connectivity index (χ1v) is 46.2. The van der Waals surface area contributed by atoms with Gasteiger partial charge >= 0.3 is 5.97 Å². The monoisotopic (exact) mass is 1880 g/mol. The molecule has 42 heteroatoms. The number of nitrogens with zero attached hydrogens (tertiary/aromatic N) is 5. The number of fused-ring (bicyclic) bond motifs is 3. The minimum atomic E-state index is -1.82. The van der Waals surface area contributed by atoms with Crippen molar-refractivity contribution in [3.05, 3.63) is 126 Å². The fourth-order valence-corrected chi connectivity index (χ4v) is 17.2. The van der Waals surface area contributed by atoms with Crippen LogP contribution < -0.4 is 65.1 Å². The zero-order chi connectivity index (χ0) is 98.3. The molecular weight excluding hydrogens is 1750 g/mol. The molecule has 16 amide bonds. The Labute approximate surface area is 780 Å². The summed E-state index contributed by atoms with van der Waals surface area (Å²) >= 11 is 0.787. The average Bonchev–Trinajstić information content (AvgIpc) is 1.63. The lowest BCUT2D eigenvalue weighted by molar-refractivity contribution is -0.149. The zero-order valence-corrected chi connectivity index (χ0v) is 77.8. The van der Waals surface area contributed by atoms with Gasteiger partial charge in [0.05, 0.1) is 37.4 Å². The van der Waals surface area contributed by atoms with Crippen molar-refractivity contribution in [3.8, 4) is 5.75 Å². The number of thioether (sulfide) groups is 1. The van der Waals surface area contributed by atoms with Gasteiger partial charge in [0.25, 0.3) is 0 Å². The van der Waals surface area contributed by atoms with Gasteiger partial charge in [0, 0.05) is 131 Å². The Morgan fingerprint density at radius 2 is 1.12 bits per heavy atom. The number of aromatic amines is 3. The molecule has 8 rings (SSSR count). The molecule has 41 nitrogen and oxygen atoms in total. The third-order valence-electron chi connectivity index (χ3n) is 23.9. The van der Waals surface area contributed by atoms with Crippen LogP contribution in [0.25, 0.3) is 21.8 Å². The summed E-state index contributed by atoms with van der Waals surface area (Å²) in [5, 5.41) is 56.8. The van der Waals surface area contributed by atoms with Crippen molar-refractivity contribution >= 4 is 140 Å². The van der Waals surface area contributed by atoms with Crippen LogP contribution in [-0.2, 0) is 112 Å². The molecule has 0 unspecified atom stereocenters. The van der Waals surface area contributed by atoms with E-state index in [2.05, 4.69) is 62.8 Å². The number of nitrogens with two attached hydrogens (primary N) is 3. The number of hydrogen-bond acceptors (Lipinski definition) is 22. The predicted octanol–water partition coefficient (Wildman–Crippen LogP) is -0.418. The molecule has 0 spiro atoms. The molecule has 6 aromatic rings. The fourth-order valence-electron chi connectivity index (χ4n) is 16.4. The Kier molecular flexibility index (Phi) is 40.5. The predicted molar refractivity (Wildman–Crippen MR) is 495 cm³/mol. The summed E-state index contributed by atoms with van der Waals surface area (Å²) in [4.78, 5) is 277. The number of aromatic hydroxyl groups is 1. The van der Waals surface area contributed by atoms with E-state index in [-0.39, 0.29) is 76.1 Å². The van der Waals surface area contributed by atoms with E-state index in [1.54, 1.807) is 86.9 Å². The number of Topliss-reactive ketones (excluding diaryl/α,β-unsaturated/α-hetero) is 1. The SMILES string of the molecule is CCCC[C@H]1C(=O)N(C)[C@@H](CCCC)C(=O)N[C@@H](CC(C)C)C(=O)N[C@H](C(=O)NCC(N)=O)CSCC(=O)N[C@@H](Cc2ccc(O)cc2)C(=O)N(C)[C@@H](C)C(=O)N[C@@H](CC(N)=O)C(=O)N(CC)CC(=O)N[C@@H](Cc2ccc[nH]2)C(=O)N[C@@H](CCC(=O)O)C(=O)N2C[C@H](O)C[C@H]2C(=O)C[C@@H](Cc2c[nH]c3ccccc23)C(=O)N[C@@H](CCN)C(=O)N[C@@H](Cc2c[nH]c3ccccc23)C(=O)N1C. The first kappa shape index (κ1) is 106. The number of likely N-dealkylation sites (N-methyl/N-ethyl adjacent to an activating group) is 4. The van der Waals surface area contributed by atoms with Gasteiger partial charge in [0.1, 0.15) is 72.2 Å². The molecule has 0 saturated carbocycles. The van der Waals surface area contributed by atoms with Crippen LogP contribution in [0, 0.1) is 11.8 Å². The van der Waals surface area contributed by atoms with Crippen molar-refractivity contribution in [2.24, 2.45) is 29.0 Å². The number of unbranched alkanes of at least 4 members (excludes halogenated alkanes) is 2. The van der Waals surface area contributed by atoms with Crippen molar-refractivity contribution in [2.45, 2.75) is 229 Å². The molecule has 0 aliphatic carbocycles. The van der Waals surface area contributed by atoms with Gasteiger partial charge in [-0.3, -0.25) is 86.3 Å². The van der Waals surface area contributed by atoms with Crippen molar-refractivity contribution in [3.63, 3.8) is 0 Å². The van der Waals surface area contributed by atoms with Crippen LogP contribution in [-0.4, -0.2) is 305 Å². The number of aliphatic carboxylic acids is 1. The molecule has 2 saturated heterocycles. The topological polar surface area (TPSA) is 618 Å². The summed E-state index contributed by atoms with van der Waals surface area (Å²) < 4.78 is 0. The number of hydrogen-bond donors (Lipinski definition) is 18. The largest absolute Gasteiger partial charge is 0.508 e. The van der Waals surface area contributed by atoms with Gasteiger partial charge in [-0.25, -0.2) is 0 Å². The molecule has 0 radical (unpaired) electrons. The maximum atomic E-state index is 15.8. The minimum absolute atomic E-state index is 0.0297. The van der Waals surface area contributed by atoms with Gasteiger partial charge in [0.2, 0.25) is 94.5 Å². The second-order valence-electron chi connectivity index (χ2n) is 34.5. The molecule has 0 bridgehead atoms. The van der Waals surface area contributed by atoms with Crippen molar-refractivity contribution in [1.29, 1.82) is 0 Å². The molecule has 2 fully saturated rings. The van der Waals surface area contributed by atoms with E-state index < -0.39 is 254 Å². The maximum absolute atomic E-state index is 15.8. The number of carboxylic acid groups (broad SMARTS) is 1. The highest BCUT2D eigenvalue weighted by Crippen LogP contribution is 2.30. The lowest BCUT2D eigenvalue weighted by Gasteiger charge is -2.36. The number of benzene rings is 3. The van der Waals surface area contributed by atoms with E-state index in [9.17, 15) is 68.1 Å². The van der Waals surface area contributed by atoms with Crippen LogP contribution in [0.1, 0.15) is 147 Å². The summed E-state index contributed by atoms with van der Waals surface area (Å²) in [6, 6.07) is 4.35. The van der Waals surface area contributed by atoms with E-state index >= 15 is 33.6 Å². The van der Waals surface area contributed by atoms with E-state index in [0.29, 0.717) is 69.9 Å². The second-order valence-corrected chi connectivity index (χ2v) is 35.5. The molecule has 2 aliphatic heterocycles. The number of rotatable bonds is 27.